The number of likely N-dealkylation sites (tertiary alicyclic amines) is 1. The standard InChI is InChI=1S/C23H29N11O/c1-14-6-5-7-34(14)12-20(35)27-16-8-18(15(2)24-9-16)28-21-17-10-25-23(30-22(17)33(4)31-21)29-19-11-32(3)13-26-19/h8-11,13-14H,5-7,12H2,1-4H3,(H,27,35)(H,28,31)(H,25,29,30). The molecule has 0 spiro atoms. The molecular formula is C23H29N11O. The molecule has 5 heterocycles. The number of pyridine rings is 1. The first kappa shape index (κ1) is 22.7. The Morgan fingerprint density at radius 3 is 2.77 bits per heavy atom. The Morgan fingerprint density at radius 1 is 1.17 bits per heavy atom. The number of fused-ring (bicyclic) bond motifs is 1. The molecule has 0 aliphatic carbocycles. The summed E-state index contributed by atoms with van der Waals surface area (Å²) in [5.74, 6) is 1.65. The van der Waals surface area contributed by atoms with Crippen molar-refractivity contribution in [2.75, 3.05) is 29.0 Å². The lowest BCUT2D eigenvalue weighted by atomic mass is 10.2. The Hall–Kier alpha value is -4.06. The average molecular weight is 476 g/mol. The quantitative estimate of drug-likeness (QED) is 0.369. The number of carbonyl (C=O) groups excluding carboxylic acids is 1. The van der Waals surface area contributed by atoms with Crippen LogP contribution in [0.25, 0.3) is 11.0 Å². The molecule has 1 unspecified atom stereocenters. The third kappa shape index (κ3) is 4.92. The van der Waals surface area contributed by atoms with Crippen molar-refractivity contribution < 1.29 is 4.79 Å². The first-order valence-corrected chi connectivity index (χ1v) is 11.6. The molecular weight excluding hydrogens is 446 g/mol. The molecule has 1 fully saturated rings. The van der Waals surface area contributed by atoms with Crippen LogP contribution in [0.15, 0.2) is 31.0 Å². The predicted octanol–water partition coefficient (Wildman–Crippen LogP) is 2.71. The van der Waals surface area contributed by atoms with E-state index in [2.05, 4.69) is 52.8 Å². The number of aromatic nitrogens is 7. The van der Waals surface area contributed by atoms with E-state index in [0.717, 1.165) is 36.2 Å². The zero-order valence-electron chi connectivity index (χ0n) is 20.3. The van der Waals surface area contributed by atoms with Crippen molar-refractivity contribution in [2.45, 2.75) is 32.7 Å². The van der Waals surface area contributed by atoms with Gasteiger partial charge in [0.1, 0.15) is 0 Å². The van der Waals surface area contributed by atoms with Gasteiger partial charge in [-0.05, 0) is 39.3 Å². The first-order chi connectivity index (χ1) is 16.9. The second kappa shape index (κ2) is 9.29. The Kier molecular flexibility index (Phi) is 6.03. The summed E-state index contributed by atoms with van der Waals surface area (Å²) in [5, 5.41) is 14.7. The van der Waals surface area contributed by atoms with E-state index in [1.807, 2.05) is 37.8 Å². The van der Waals surface area contributed by atoms with E-state index in [0.29, 0.717) is 41.5 Å². The molecule has 0 bridgehead atoms. The van der Waals surface area contributed by atoms with Crippen LogP contribution in [0.3, 0.4) is 0 Å². The van der Waals surface area contributed by atoms with Crippen LogP contribution in [-0.2, 0) is 18.9 Å². The summed E-state index contributed by atoms with van der Waals surface area (Å²) in [5.41, 5.74) is 2.82. The predicted molar refractivity (Wildman–Crippen MR) is 134 cm³/mol. The minimum atomic E-state index is -0.0417. The Balaban J connectivity index is 1.33. The van der Waals surface area contributed by atoms with Gasteiger partial charge in [-0.3, -0.25) is 14.7 Å². The smallest absolute Gasteiger partial charge is 0.238 e. The highest BCUT2D eigenvalue weighted by molar-refractivity contribution is 5.93. The highest BCUT2D eigenvalue weighted by Crippen LogP contribution is 2.27. The van der Waals surface area contributed by atoms with Gasteiger partial charge in [0, 0.05) is 32.5 Å². The topological polar surface area (TPSA) is 131 Å². The van der Waals surface area contributed by atoms with Gasteiger partial charge in [-0.15, -0.1) is 0 Å². The SMILES string of the molecule is Cc1ncc(NC(=O)CN2CCCC2C)cc1Nc1nn(C)c2nc(Nc3cn(C)cn3)ncc12. The maximum absolute atomic E-state index is 12.6. The molecule has 4 aromatic heterocycles. The van der Waals surface area contributed by atoms with Gasteiger partial charge in [-0.1, -0.05) is 0 Å². The summed E-state index contributed by atoms with van der Waals surface area (Å²) in [6.07, 6.45) is 9.20. The Labute approximate surface area is 202 Å². The minimum absolute atomic E-state index is 0.0417. The number of carbonyl (C=O) groups is 1. The number of nitrogens with zero attached hydrogens (tertiary/aromatic N) is 8. The van der Waals surface area contributed by atoms with Gasteiger partial charge < -0.3 is 20.5 Å². The van der Waals surface area contributed by atoms with Crippen molar-refractivity contribution in [1.82, 2.24) is 39.2 Å². The number of aryl methyl sites for hydroxylation is 3. The number of anilines is 5. The van der Waals surface area contributed by atoms with Crippen LogP contribution in [0, 0.1) is 6.92 Å². The molecule has 1 atom stereocenters. The van der Waals surface area contributed by atoms with Gasteiger partial charge >= 0.3 is 0 Å². The molecule has 35 heavy (non-hydrogen) atoms. The van der Waals surface area contributed by atoms with E-state index in [4.69, 9.17) is 0 Å². The summed E-state index contributed by atoms with van der Waals surface area (Å²) >= 11 is 0. The van der Waals surface area contributed by atoms with Gasteiger partial charge in [-0.2, -0.15) is 10.1 Å². The second-order valence-electron chi connectivity index (χ2n) is 8.94. The lowest BCUT2D eigenvalue weighted by Gasteiger charge is -2.20. The summed E-state index contributed by atoms with van der Waals surface area (Å²) in [6.45, 7) is 5.40. The normalized spacial score (nSPS) is 16.1. The molecule has 1 aliphatic heterocycles. The van der Waals surface area contributed by atoms with Gasteiger partial charge in [-0.25, -0.2) is 14.6 Å². The molecule has 12 heteroatoms. The third-order valence-corrected chi connectivity index (χ3v) is 6.19. The molecule has 0 aromatic carbocycles. The van der Waals surface area contributed by atoms with Crippen LogP contribution in [0.2, 0.25) is 0 Å². The second-order valence-corrected chi connectivity index (χ2v) is 8.94. The van der Waals surface area contributed by atoms with Gasteiger partial charge in [0.15, 0.2) is 17.3 Å². The summed E-state index contributed by atoms with van der Waals surface area (Å²) in [4.78, 5) is 32.5. The molecule has 0 radical (unpaired) electrons. The molecule has 0 saturated carbocycles. The molecule has 1 amide bonds. The van der Waals surface area contributed by atoms with Crippen LogP contribution in [0.1, 0.15) is 25.5 Å². The average Bonchev–Trinajstić information content (AvgIpc) is 3.50. The summed E-state index contributed by atoms with van der Waals surface area (Å²) in [6, 6.07) is 2.31. The maximum Gasteiger partial charge on any atom is 0.238 e. The van der Waals surface area contributed by atoms with Gasteiger partial charge in [0.25, 0.3) is 0 Å². The van der Waals surface area contributed by atoms with E-state index < -0.39 is 0 Å². The molecule has 3 N–H and O–H groups in total. The van der Waals surface area contributed by atoms with Crippen LogP contribution in [-0.4, -0.2) is 64.2 Å². The first-order valence-electron chi connectivity index (χ1n) is 11.6. The van der Waals surface area contributed by atoms with Crippen molar-refractivity contribution in [2.24, 2.45) is 14.1 Å². The van der Waals surface area contributed by atoms with Crippen LogP contribution >= 0.6 is 0 Å². The van der Waals surface area contributed by atoms with Gasteiger partial charge in [0.2, 0.25) is 11.9 Å². The van der Waals surface area contributed by atoms with Crippen molar-refractivity contribution >= 4 is 45.9 Å². The highest BCUT2D eigenvalue weighted by Gasteiger charge is 2.22. The Bertz CT molecular complexity index is 1380. The van der Waals surface area contributed by atoms with Crippen molar-refractivity contribution in [1.29, 1.82) is 0 Å². The number of hydrogen-bond acceptors (Lipinski definition) is 9. The van der Waals surface area contributed by atoms with Crippen LogP contribution < -0.4 is 16.0 Å². The van der Waals surface area contributed by atoms with Gasteiger partial charge in [0.05, 0.1) is 41.5 Å². The van der Waals surface area contributed by atoms with E-state index in [-0.39, 0.29) is 5.91 Å². The number of nitrogens with one attached hydrogen (secondary N) is 3. The molecule has 182 valence electrons. The molecule has 4 aromatic rings. The summed E-state index contributed by atoms with van der Waals surface area (Å²) in [7, 11) is 3.72. The summed E-state index contributed by atoms with van der Waals surface area (Å²) < 4.78 is 3.53. The van der Waals surface area contributed by atoms with Crippen LogP contribution in [0.4, 0.5) is 29.0 Å². The van der Waals surface area contributed by atoms with E-state index in [1.165, 1.54) is 0 Å². The van der Waals surface area contributed by atoms with E-state index in [9.17, 15) is 4.79 Å². The highest BCUT2D eigenvalue weighted by atomic mass is 16.2. The van der Waals surface area contributed by atoms with Crippen LogP contribution in [0.5, 0.6) is 0 Å². The number of hydrogen-bond donors (Lipinski definition) is 3. The monoisotopic (exact) mass is 475 g/mol. The lowest BCUT2D eigenvalue weighted by molar-refractivity contribution is -0.117. The number of imidazole rings is 1. The van der Waals surface area contributed by atoms with E-state index >= 15 is 0 Å². The molecule has 1 aliphatic rings. The zero-order chi connectivity index (χ0) is 24.5. The largest absolute Gasteiger partial charge is 0.338 e. The number of rotatable bonds is 7. The lowest BCUT2D eigenvalue weighted by Crippen LogP contribution is -2.35. The fraction of sp³-hybridized carbons (Fsp3) is 0.391. The fourth-order valence-electron chi connectivity index (χ4n) is 4.25. The third-order valence-electron chi connectivity index (χ3n) is 6.19. The maximum atomic E-state index is 12.6. The molecule has 12 nitrogen and oxygen atoms in total. The molecule has 1 saturated heterocycles. The number of amides is 1. The van der Waals surface area contributed by atoms with E-state index in [1.54, 1.807) is 23.4 Å². The van der Waals surface area contributed by atoms with Crippen molar-refractivity contribution in [3.8, 4) is 0 Å². The molecule has 5 rings (SSSR count). The van der Waals surface area contributed by atoms with Crippen molar-refractivity contribution in [3.63, 3.8) is 0 Å². The van der Waals surface area contributed by atoms with Crippen molar-refractivity contribution in [3.05, 3.63) is 36.7 Å². The zero-order valence-corrected chi connectivity index (χ0v) is 20.3. The Morgan fingerprint density at radius 2 is 2.03 bits per heavy atom. The minimum Gasteiger partial charge on any atom is -0.338 e. The fourth-order valence-corrected chi connectivity index (χ4v) is 4.25.